The predicted molar refractivity (Wildman–Crippen MR) is 78.0 cm³/mol. The summed E-state index contributed by atoms with van der Waals surface area (Å²) >= 11 is 0. The Balaban J connectivity index is 2.31. The number of hydrogen-bond acceptors (Lipinski definition) is 4. The molecule has 0 bridgehead atoms. The van der Waals surface area contributed by atoms with Crippen molar-refractivity contribution in [1.82, 2.24) is 5.06 Å². The number of carbonyl (C=O) groups excluding carboxylic acids is 2. The number of carbonyl (C=O) groups is 2. The first-order valence-electron chi connectivity index (χ1n) is 6.27. The minimum absolute atomic E-state index is 0.0535. The molecule has 0 aliphatic heterocycles. The lowest BCUT2D eigenvalue weighted by Crippen LogP contribution is -2.25. The van der Waals surface area contributed by atoms with E-state index in [1.165, 1.54) is 20.2 Å². The van der Waals surface area contributed by atoms with Crippen LogP contribution in [0.4, 0.5) is 0 Å². The van der Waals surface area contributed by atoms with Crippen LogP contribution in [0.2, 0.25) is 0 Å². The highest BCUT2D eigenvalue weighted by Crippen LogP contribution is 2.25. The first-order valence-corrected chi connectivity index (χ1v) is 6.27. The van der Waals surface area contributed by atoms with E-state index < -0.39 is 0 Å². The van der Waals surface area contributed by atoms with Crippen molar-refractivity contribution in [1.29, 1.82) is 0 Å². The highest BCUT2D eigenvalue weighted by molar-refractivity contribution is 5.94. The van der Waals surface area contributed by atoms with Gasteiger partial charge in [0.05, 0.1) is 12.7 Å². The maximum absolute atomic E-state index is 11.9. The van der Waals surface area contributed by atoms with E-state index in [0.29, 0.717) is 11.8 Å². The molecular formula is C16H15NO4. The number of phenols is 1. The molecule has 0 aromatic heterocycles. The van der Waals surface area contributed by atoms with Gasteiger partial charge in [-0.25, -0.2) is 5.06 Å². The van der Waals surface area contributed by atoms with Gasteiger partial charge in [0.25, 0.3) is 5.91 Å². The number of rotatable bonds is 4. The molecule has 108 valence electrons. The predicted octanol–water partition coefficient (Wildman–Crippen LogP) is 2.51. The molecule has 0 fully saturated rings. The first-order chi connectivity index (χ1) is 10.1. The summed E-state index contributed by atoms with van der Waals surface area (Å²) in [6.45, 7) is 0. The third-order valence-corrected chi connectivity index (χ3v) is 3.18. The zero-order valence-electron chi connectivity index (χ0n) is 11.7. The van der Waals surface area contributed by atoms with Gasteiger partial charge in [-0.3, -0.25) is 14.4 Å². The number of aldehydes is 1. The first kappa shape index (κ1) is 14.7. The maximum Gasteiger partial charge on any atom is 0.277 e. The van der Waals surface area contributed by atoms with Crippen LogP contribution >= 0.6 is 0 Å². The molecule has 0 spiro atoms. The van der Waals surface area contributed by atoms with Gasteiger partial charge >= 0.3 is 0 Å². The quantitative estimate of drug-likeness (QED) is 0.692. The van der Waals surface area contributed by atoms with E-state index in [1.54, 1.807) is 36.4 Å². The van der Waals surface area contributed by atoms with Crippen molar-refractivity contribution in [3.05, 3.63) is 53.6 Å². The molecule has 0 atom stereocenters. The van der Waals surface area contributed by atoms with Gasteiger partial charge < -0.3 is 5.11 Å². The van der Waals surface area contributed by atoms with Crippen molar-refractivity contribution >= 4 is 12.2 Å². The Kier molecular flexibility index (Phi) is 4.35. The minimum Gasteiger partial charge on any atom is -0.507 e. The Labute approximate surface area is 122 Å². The van der Waals surface area contributed by atoms with Gasteiger partial charge in [0.1, 0.15) is 5.75 Å². The second-order valence-corrected chi connectivity index (χ2v) is 4.45. The van der Waals surface area contributed by atoms with Crippen molar-refractivity contribution < 1.29 is 19.5 Å². The largest absolute Gasteiger partial charge is 0.507 e. The lowest BCUT2D eigenvalue weighted by molar-refractivity contribution is -0.0756. The topological polar surface area (TPSA) is 66.8 Å². The summed E-state index contributed by atoms with van der Waals surface area (Å²) in [7, 11) is 2.95. The van der Waals surface area contributed by atoms with E-state index in [-0.39, 0.29) is 17.2 Å². The van der Waals surface area contributed by atoms with E-state index in [2.05, 4.69) is 0 Å². The van der Waals surface area contributed by atoms with Crippen molar-refractivity contribution in [2.75, 3.05) is 14.2 Å². The van der Waals surface area contributed by atoms with Crippen molar-refractivity contribution in [3.63, 3.8) is 0 Å². The van der Waals surface area contributed by atoms with E-state index in [4.69, 9.17) is 4.84 Å². The molecule has 0 aliphatic rings. The fourth-order valence-electron chi connectivity index (χ4n) is 1.90. The summed E-state index contributed by atoms with van der Waals surface area (Å²) in [6, 6.07) is 11.7. The van der Waals surface area contributed by atoms with Crippen LogP contribution in [0.5, 0.6) is 5.75 Å². The fourth-order valence-corrected chi connectivity index (χ4v) is 1.90. The van der Waals surface area contributed by atoms with Gasteiger partial charge in [0.15, 0.2) is 6.29 Å². The fraction of sp³-hybridized carbons (Fsp3) is 0.125. The molecule has 0 saturated carbocycles. The summed E-state index contributed by atoms with van der Waals surface area (Å²) < 4.78 is 0. The van der Waals surface area contributed by atoms with Gasteiger partial charge in [-0.15, -0.1) is 0 Å². The van der Waals surface area contributed by atoms with Crippen LogP contribution in [0.15, 0.2) is 42.5 Å². The lowest BCUT2D eigenvalue weighted by atomic mass is 10.0. The molecule has 5 heteroatoms. The normalized spacial score (nSPS) is 10.2. The average molecular weight is 285 g/mol. The van der Waals surface area contributed by atoms with Crippen LogP contribution in [0.1, 0.15) is 20.7 Å². The molecule has 0 unspecified atom stereocenters. The molecule has 0 aliphatic carbocycles. The van der Waals surface area contributed by atoms with E-state index >= 15 is 0 Å². The number of aromatic hydroxyl groups is 1. The summed E-state index contributed by atoms with van der Waals surface area (Å²) in [5.41, 5.74) is 2.35. The van der Waals surface area contributed by atoms with E-state index in [0.717, 1.165) is 16.2 Å². The number of phenolic OH excluding ortho intramolecular Hbond substituents is 1. The second kappa shape index (κ2) is 6.19. The number of hydrogen-bond donors (Lipinski definition) is 1. The van der Waals surface area contributed by atoms with Crippen LogP contribution in [-0.4, -0.2) is 36.5 Å². The molecular weight excluding hydrogens is 270 g/mol. The monoisotopic (exact) mass is 285 g/mol. The Hall–Kier alpha value is -2.66. The Morgan fingerprint density at radius 3 is 2.33 bits per heavy atom. The van der Waals surface area contributed by atoms with Crippen molar-refractivity contribution in [2.45, 2.75) is 0 Å². The highest BCUT2D eigenvalue weighted by Gasteiger charge is 2.11. The molecule has 1 N–H and O–H groups in total. The summed E-state index contributed by atoms with van der Waals surface area (Å²) in [5.74, 6) is -0.300. The summed E-state index contributed by atoms with van der Waals surface area (Å²) in [5, 5.41) is 10.6. The van der Waals surface area contributed by atoms with Crippen LogP contribution < -0.4 is 0 Å². The molecule has 5 nitrogen and oxygen atoms in total. The molecule has 2 rings (SSSR count). The van der Waals surface area contributed by atoms with Crippen molar-refractivity contribution in [3.8, 4) is 16.9 Å². The van der Waals surface area contributed by atoms with Gasteiger partial charge in [0, 0.05) is 12.6 Å². The van der Waals surface area contributed by atoms with Crippen LogP contribution in [0.3, 0.4) is 0 Å². The molecule has 0 heterocycles. The third kappa shape index (κ3) is 3.09. The standard InChI is InChI=1S/C16H15NO4/c1-17(21-2)16(20)12-5-3-11(4-6-12)13-7-8-15(19)14(9-13)10-18/h3-10,19H,1-2H3. The highest BCUT2D eigenvalue weighted by atomic mass is 16.7. The molecule has 0 radical (unpaired) electrons. The maximum atomic E-state index is 11.9. The minimum atomic E-state index is -0.247. The number of benzene rings is 2. The SMILES string of the molecule is CON(C)C(=O)c1ccc(-c2ccc(O)c(C=O)c2)cc1. The molecule has 2 aromatic rings. The lowest BCUT2D eigenvalue weighted by Gasteiger charge is -2.13. The number of hydroxylamine groups is 2. The van der Waals surface area contributed by atoms with Gasteiger partial charge in [0.2, 0.25) is 0 Å². The zero-order valence-corrected chi connectivity index (χ0v) is 11.7. The van der Waals surface area contributed by atoms with E-state index in [9.17, 15) is 14.7 Å². The number of amides is 1. The van der Waals surface area contributed by atoms with Gasteiger partial charge in [-0.1, -0.05) is 18.2 Å². The summed E-state index contributed by atoms with van der Waals surface area (Å²) in [4.78, 5) is 27.6. The van der Waals surface area contributed by atoms with E-state index in [1.807, 2.05) is 0 Å². The third-order valence-electron chi connectivity index (χ3n) is 3.18. The van der Waals surface area contributed by atoms with Crippen LogP contribution in [0.25, 0.3) is 11.1 Å². The Bertz CT molecular complexity index is 664. The van der Waals surface area contributed by atoms with Gasteiger partial charge in [-0.05, 0) is 35.4 Å². The Morgan fingerprint density at radius 1 is 1.14 bits per heavy atom. The second-order valence-electron chi connectivity index (χ2n) is 4.45. The number of nitrogens with zero attached hydrogens (tertiary/aromatic N) is 1. The summed E-state index contributed by atoms with van der Waals surface area (Å²) in [6.07, 6.45) is 0.601. The molecule has 0 saturated heterocycles. The van der Waals surface area contributed by atoms with Crippen molar-refractivity contribution in [2.24, 2.45) is 0 Å². The smallest absolute Gasteiger partial charge is 0.277 e. The molecule has 2 aromatic carbocycles. The average Bonchev–Trinajstić information content (AvgIpc) is 2.54. The molecule has 1 amide bonds. The Morgan fingerprint density at radius 2 is 1.76 bits per heavy atom. The van der Waals surface area contributed by atoms with Crippen LogP contribution in [0, 0.1) is 0 Å². The zero-order chi connectivity index (χ0) is 15.4. The molecule has 21 heavy (non-hydrogen) atoms. The van der Waals surface area contributed by atoms with Crippen LogP contribution in [-0.2, 0) is 4.84 Å². The van der Waals surface area contributed by atoms with Gasteiger partial charge in [-0.2, -0.15) is 0 Å².